The van der Waals surface area contributed by atoms with E-state index in [0.717, 1.165) is 0 Å². The number of rotatable bonds is 3. The Bertz CT molecular complexity index is 344. The first-order chi connectivity index (χ1) is 6.69. The molecule has 5 heteroatoms. The van der Waals surface area contributed by atoms with Crippen molar-refractivity contribution in [2.24, 2.45) is 0 Å². The predicted molar refractivity (Wildman–Crippen MR) is 52.3 cm³/mol. The van der Waals surface area contributed by atoms with Crippen molar-refractivity contribution >= 4 is 23.2 Å². The third kappa shape index (κ3) is 2.35. The number of anilines is 1. The zero-order valence-corrected chi connectivity index (χ0v) is 8.27. The summed E-state index contributed by atoms with van der Waals surface area (Å²) in [4.78, 5) is 10.9. The van der Waals surface area contributed by atoms with Crippen LogP contribution in [0.2, 0.25) is 0 Å². The van der Waals surface area contributed by atoms with Crippen molar-refractivity contribution < 1.29 is 13.9 Å². The van der Waals surface area contributed by atoms with Crippen LogP contribution in [0.4, 0.5) is 10.1 Å². The minimum absolute atomic E-state index is 0.0648. The minimum Gasteiger partial charge on any atom is -0.494 e. The fourth-order valence-electron chi connectivity index (χ4n) is 0.949. The molecule has 0 fully saturated rings. The molecule has 0 aliphatic rings. The molecule has 1 N–H and O–H groups in total. The van der Waals surface area contributed by atoms with Gasteiger partial charge in [-0.2, -0.15) is 0 Å². The highest BCUT2D eigenvalue weighted by atomic mass is 35.5. The summed E-state index contributed by atoms with van der Waals surface area (Å²) in [6.07, 6.45) is 0. The number of methoxy groups -OCH3 is 1. The third-order valence-corrected chi connectivity index (χ3v) is 1.82. The van der Waals surface area contributed by atoms with Gasteiger partial charge in [0, 0.05) is 0 Å². The Morgan fingerprint density at radius 3 is 2.93 bits per heavy atom. The van der Waals surface area contributed by atoms with Gasteiger partial charge < -0.3 is 10.1 Å². The Labute approximate surface area is 85.8 Å². The molecule has 0 atom stereocenters. The lowest BCUT2D eigenvalue weighted by atomic mass is 10.3. The molecular formula is C9H9ClFNO2. The highest BCUT2D eigenvalue weighted by molar-refractivity contribution is 6.29. The van der Waals surface area contributed by atoms with Gasteiger partial charge in [0.25, 0.3) is 0 Å². The van der Waals surface area contributed by atoms with E-state index in [1.54, 1.807) is 6.07 Å². The Kier molecular flexibility index (Phi) is 3.71. The average Bonchev–Trinajstić information content (AvgIpc) is 2.21. The van der Waals surface area contributed by atoms with Crippen molar-refractivity contribution in [3.05, 3.63) is 24.0 Å². The van der Waals surface area contributed by atoms with E-state index in [0.29, 0.717) is 0 Å². The number of nitrogens with one attached hydrogen (secondary N) is 1. The lowest BCUT2D eigenvalue weighted by Crippen LogP contribution is -2.13. The van der Waals surface area contributed by atoms with E-state index in [-0.39, 0.29) is 17.3 Å². The molecule has 1 aromatic carbocycles. The van der Waals surface area contributed by atoms with Crippen molar-refractivity contribution in [1.29, 1.82) is 0 Å². The van der Waals surface area contributed by atoms with Gasteiger partial charge in [0.05, 0.1) is 12.8 Å². The number of ether oxygens (including phenoxy) is 1. The molecule has 1 amide bonds. The number of hydrogen-bond acceptors (Lipinski definition) is 2. The molecular weight excluding hydrogens is 209 g/mol. The summed E-state index contributed by atoms with van der Waals surface area (Å²) in [5, 5.41) is 2.31. The van der Waals surface area contributed by atoms with Crippen LogP contribution in [0, 0.1) is 5.82 Å². The Balaban J connectivity index is 2.92. The van der Waals surface area contributed by atoms with Gasteiger partial charge in [0.2, 0.25) is 5.91 Å². The van der Waals surface area contributed by atoms with E-state index < -0.39 is 11.7 Å². The summed E-state index contributed by atoms with van der Waals surface area (Å²) < 4.78 is 18.1. The van der Waals surface area contributed by atoms with E-state index in [4.69, 9.17) is 16.3 Å². The van der Waals surface area contributed by atoms with Crippen LogP contribution >= 0.6 is 11.6 Å². The van der Waals surface area contributed by atoms with Crippen molar-refractivity contribution in [2.75, 3.05) is 18.3 Å². The first kappa shape index (κ1) is 10.8. The molecule has 14 heavy (non-hydrogen) atoms. The van der Waals surface area contributed by atoms with Crippen LogP contribution in [0.1, 0.15) is 0 Å². The van der Waals surface area contributed by atoms with E-state index in [1.165, 1.54) is 19.2 Å². The summed E-state index contributed by atoms with van der Waals surface area (Å²) >= 11 is 5.26. The SMILES string of the molecule is COc1cccc(NC(=O)CCl)c1F. The fourth-order valence-corrected chi connectivity index (χ4v) is 1.02. The van der Waals surface area contributed by atoms with Crippen LogP contribution in [0.3, 0.4) is 0 Å². The first-order valence-electron chi connectivity index (χ1n) is 3.87. The van der Waals surface area contributed by atoms with Crippen LogP contribution in [0.25, 0.3) is 0 Å². The Morgan fingerprint density at radius 2 is 2.36 bits per heavy atom. The molecule has 0 heterocycles. The molecule has 76 valence electrons. The van der Waals surface area contributed by atoms with Crippen LogP contribution < -0.4 is 10.1 Å². The van der Waals surface area contributed by atoms with Crippen molar-refractivity contribution in [1.82, 2.24) is 0 Å². The maximum absolute atomic E-state index is 13.4. The van der Waals surface area contributed by atoms with Gasteiger partial charge in [-0.3, -0.25) is 4.79 Å². The van der Waals surface area contributed by atoms with E-state index >= 15 is 0 Å². The maximum Gasteiger partial charge on any atom is 0.239 e. The van der Waals surface area contributed by atoms with Crippen molar-refractivity contribution in [3.63, 3.8) is 0 Å². The standard InChI is InChI=1S/C9H9ClFNO2/c1-14-7-4-2-3-6(9(7)11)12-8(13)5-10/h2-4H,5H2,1H3,(H,12,13). The highest BCUT2D eigenvalue weighted by Gasteiger charge is 2.09. The molecule has 0 unspecified atom stereocenters. The normalized spacial score (nSPS) is 9.64. The topological polar surface area (TPSA) is 38.3 Å². The number of benzene rings is 1. The zero-order valence-electron chi connectivity index (χ0n) is 7.51. The van der Waals surface area contributed by atoms with Gasteiger partial charge in [0.15, 0.2) is 11.6 Å². The third-order valence-electron chi connectivity index (χ3n) is 1.58. The molecule has 1 aromatic rings. The number of carbonyl (C=O) groups excluding carboxylic acids is 1. The minimum atomic E-state index is -0.603. The monoisotopic (exact) mass is 217 g/mol. The van der Waals surface area contributed by atoms with Gasteiger partial charge in [-0.1, -0.05) is 6.07 Å². The Morgan fingerprint density at radius 1 is 1.64 bits per heavy atom. The van der Waals surface area contributed by atoms with E-state index in [2.05, 4.69) is 5.32 Å². The number of alkyl halides is 1. The summed E-state index contributed by atoms with van der Waals surface area (Å²) in [5.74, 6) is -1.19. The van der Waals surface area contributed by atoms with Crippen LogP contribution in [0.5, 0.6) is 5.75 Å². The van der Waals surface area contributed by atoms with Gasteiger partial charge in [-0.05, 0) is 12.1 Å². The van der Waals surface area contributed by atoms with E-state index in [1.807, 2.05) is 0 Å². The van der Waals surface area contributed by atoms with Crippen LogP contribution in [-0.4, -0.2) is 18.9 Å². The molecule has 0 saturated heterocycles. The second-order valence-corrected chi connectivity index (χ2v) is 2.77. The van der Waals surface area contributed by atoms with Gasteiger partial charge >= 0.3 is 0 Å². The van der Waals surface area contributed by atoms with Crippen molar-refractivity contribution in [2.45, 2.75) is 0 Å². The second kappa shape index (κ2) is 4.81. The summed E-state index contributed by atoms with van der Waals surface area (Å²) in [5.41, 5.74) is 0.0648. The molecule has 0 bridgehead atoms. The smallest absolute Gasteiger partial charge is 0.239 e. The predicted octanol–water partition coefficient (Wildman–Crippen LogP) is 2.01. The number of carbonyl (C=O) groups is 1. The van der Waals surface area contributed by atoms with E-state index in [9.17, 15) is 9.18 Å². The maximum atomic E-state index is 13.4. The van der Waals surface area contributed by atoms with Gasteiger partial charge in [-0.25, -0.2) is 4.39 Å². The fraction of sp³-hybridized carbons (Fsp3) is 0.222. The summed E-state index contributed by atoms with van der Waals surface area (Å²) in [6, 6.07) is 4.47. The molecule has 1 rings (SSSR count). The molecule has 0 radical (unpaired) electrons. The molecule has 0 aliphatic carbocycles. The molecule has 0 spiro atoms. The first-order valence-corrected chi connectivity index (χ1v) is 4.40. The number of amides is 1. The molecule has 0 saturated carbocycles. The number of hydrogen-bond donors (Lipinski definition) is 1. The lowest BCUT2D eigenvalue weighted by molar-refractivity contribution is -0.113. The number of halogens is 2. The second-order valence-electron chi connectivity index (χ2n) is 2.50. The average molecular weight is 218 g/mol. The summed E-state index contributed by atoms with van der Waals surface area (Å²) in [6.45, 7) is 0. The summed E-state index contributed by atoms with van der Waals surface area (Å²) in [7, 11) is 1.35. The van der Waals surface area contributed by atoms with Gasteiger partial charge in [0.1, 0.15) is 5.88 Å². The zero-order chi connectivity index (χ0) is 10.6. The van der Waals surface area contributed by atoms with Crippen molar-refractivity contribution in [3.8, 4) is 5.75 Å². The lowest BCUT2D eigenvalue weighted by Gasteiger charge is -2.07. The molecule has 3 nitrogen and oxygen atoms in total. The molecule has 0 aliphatic heterocycles. The van der Waals surface area contributed by atoms with Gasteiger partial charge in [-0.15, -0.1) is 11.6 Å². The van der Waals surface area contributed by atoms with Crippen LogP contribution in [0.15, 0.2) is 18.2 Å². The largest absolute Gasteiger partial charge is 0.494 e. The van der Waals surface area contributed by atoms with Crippen LogP contribution in [-0.2, 0) is 4.79 Å². The Hall–Kier alpha value is -1.29. The quantitative estimate of drug-likeness (QED) is 0.787. The molecule has 0 aromatic heterocycles. The highest BCUT2D eigenvalue weighted by Crippen LogP contribution is 2.23.